The fraction of sp³-hybridized carbons (Fsp3) is 0.533. The van der Waals surface area contributed by atoms with Gasteiger partial charge < -0.3 is 10.8 Å². The van der Waals surface area contributed by atoms with E-state index in [9.17, 15) is 9.90 Å². The second-order valence-corrected chi connectivity index (χ2v) is 5.66. The predicted octanol–water partition coefficient (Wildman–Crippen LogP) is 3.55. The summed E-state index contributed by atoms with van der Waals surface area (Å²) in [5, 5.41) is 10.1. The van der Waals surface area contributed by atoms with Crippen molar-refractivity contribution in [2.75, 3.05) is 0 Å². The summed E-state index contributed by atoms with van der Waals surface area (Å²) in [4.78, 5) is 12.0. The molecule has 0 aliphatic carbocycles. The minimum atomic E-state index is -0.0706. The summed E-state index contributed by atoms with van der Waals surface area (Å²) >= 11 is 0. The third-order valence-electron chi connectivity index (χ3n) is 3.05. The maximum atomic E-state index is 12.0. The first-order valence-electron chi connectivity index (χ1n) is 6.40. The van der Waals surface area contributed by atoms with E-state index < -0.39 is 0 Å². The number of phenols is 1. The first-order chi connectivity index (χ1) is 8.31. The van der Waals surface area contributed by atoms with Gasteiger partial charge in [-0.1, -0.05) is 33.8 Å². The van der Waals surface area contributed by atoms with Gasteiger partial charge in [-0.2, -0.15) is 0 Å². The number of carbonyl (C=O) groups excluding carboxylic acids is 1. The Bertz CT molecular complexity index is 450. The molecule has 0 amide bonds. The summed E-state index contributed by atoms with van der Waals surface area (Å²) in [6.07, 6.45) is 1.22. The number of ketones is 1. The molecule has 3 N–H and O–H groups in total. The SMILES string of the molecule is CCCC(=O)c1cc(C(C)(C)C)cc(CN)c1O.Cl. The van der Waals surface area contributed by atoms with Crippen molar-refractivity contribution in [2.24, 2.45) is 5.73 Å². The zero-order valence-electron chi connectivity index (χ0n) is 12.1. The molecule has 0 saturated carbocycles. The zero-order chi connectivity index (χ0) is 13.9. The summed E-state index contributed by atoms with van der Waals surface area (Å²) in [5.41, 5.74) is 7.64. The molecule has 0 aromatic heterocycles. The maximum Gasteiger partial charge on any atom is 0.166 e. The lowest BCUT2D eigenvalue weighted by atomic mass is 9.84. The average Bonchev–Trinajstić information content (AvgIpc) is 2.28. The third kappa shape index (κ3) is 4.22. The van der Waals surface area contributed by atoms with Crippen LogP contribution < -0.4 is 5.73 Å². The number of hydrogen-bond donors (Lipinski definition) is 2. The van der Waals surface area contributed by atoms with Gasteiger partial charge in [-0.25, -0.2) is 0 Å². The van der Waals surface area contributed by atoms with E-state index in [1.165, 1.54) is 0 Å². The Labute approximate surface area is 121 Å². The van der Waals surface area contributed by atoms with Crippen LogP contribution in [0.1, 0.15) is 62.0 Å². The molecule has 3 nitrogen and oxygen atoms in total. The number of aromatic hydroxyl groups is 1. The van der Waals surface area contributed by atoms with E-state index in [4.69, 9.17) is 5.73 Å². The molecule has 19 heavy (non-hydrogen) atoms. The first kappa shape index (κ1) is 17.9. The molecule has 0 fully saturated rings. The average molecular weight is 286 g/mol. The number of Topliss-reactive ketones (excluding diaryl/α,β-unsaturated/α-hetero) is 1. The predicted molar refractivity (Wildman–Crippen MR) is 81.2 cm³/mol. The standard InChI is InChI=1S/C15H23NO2.ClH/c1-5-6-13(17)12-8-11(15(2,3)4)7-10(9-16)14(12)18;/h7-8,18H,5-6,9,16H2,1-4H3;1H. The highest BCUT2D eigenvalue weighted by Gasteiger charge is 2.20. The second kappa shape index (κ2) is 6.92. The minimum absolute atomic E-state index is 0. The van der Waals surface area contributed by atoms with Crippen LogP contribution in [-0.4, -0.2) is 10.9 Å². The van der Waals surface area contributed by atoms with E-state index >= 15 is 0 Å². The number of benzene rings is 1. The number of carbonyl (C=O) groups is 1. The lowest BCUT2D eigenvalue weighted by Crippen LogP contribution is -2.14. The van der Waals surface area contributed by atoms with Gasteiger partial charge in [-0.3, -0.25) is 4.79 Å². The normalized spacial score (nSPS) is 11.0. The molecular weight excluding hydrogens is 262 g/mol. The van der Waals surface area contributed by atoms with Gasteiger partial charge in [0.2, 0.25) is 0 Å². The summed E-state index contributed by atoms with van der Waals surface area (Å²) in [6.45, 7) is 8.42. The first-order valence-corrected chi connectivity index (χ1v) is 6.40. The molecule has 0 heterocycles. The van der Waals surface area contributed by atoms with Crippen molar-refractivity contribution < 1.29 is 9.90 Å². The van der Waals surface area contributed by atoms with Crippen LogP contribution in [0, 0.1) is 0 Å². The van der Waals surface area contributed by atoms with Crippen LogP contribution in [0.5, 0.6) is 5.75 Å². The van der Waals surface area contributed by atoms with Gasteiger partial charge in [0.25, 0.3) is 0 Å². The Morgan fingerprint density at radius 1 is 1.32 bits per heavy atom. The van der Waals surface area contributed by atoms with Gasteiger partial charge in [0.15, 0.2) is 5.78 Å². The van der Waals surface area contributed by atoms with Crippen molar-refractivity contribution in [3.05, 3.63) is 28.8 Å². The van der Waals surface area contributed by atoms with Crippen molar-refractivity contribution in [3.63, 3.8) is 0 Å². The molecule has 4 heteroatoms. The molecular formula is C15H24ClNO2. The topological polar surface area (TPSA) is 63.3 Å². The second-order valence-electron chi connectivity index (χ2n) is 5.66. The van der Waals surface area contributed by atoms with Gasteiger partial charge in [0, 0.05) is 18.5 Å². The van der Waals surface area contributed by atoms with Crippen molar-refractivity contribution in [3.8, 4) is 5.75 Å². The highest BCUT2D eigenvalue weighted by atomic mass is 35.5. The molecule has 108 valence electrons. The number of nitrogens with two attached hydrogens (primary N) is 1. The molecule has 0 radical (unpaired) electrons. The van der Waals surface area contributed by atoms with Crippen LogP contribution in [0.25, 0.3) is 0 Å². The summed E-state index contributed by atoms with van der Waals surface area (Å²) in [5.74, 6) is 0.0275. The smallest absolute Gasteiger partial charge is 0.166 e. The van der Waals surface area contributed by atoms with Gasteiger partial charge in [-0.05, 0) is 23.5 Å². The van der Waals surface area contributed by atoms with Crippen molar-refractivity contribution in [1.82, 2.24) is 0 Å². The third-order valence-corrected chi connectivity index (χ3v) is 3.05. The molecule has 0 unspecified atom stereocenters. The lowest BCUT2D eigenvalue weighted by Gasteiger charge is -2.22. The van der Waals surface area contributed by atoms with Crippen LogP contribution in [0.4, 0.5) is 0 Å². The highest BCUT2D eigenvalue weighted by Crippen LogP contribution is 2.31. The fourth-order valence-corrected chi connectivity index (χ4v) is 1.86. The molecule has 0 saturated heterocycles. The summed E-state index contributed by atoms with van der Waals surface area (Å²) in [7, 11) is 0. The van der Waals surface area contributed by atoms with E-state index in [1.807, 2.05) is 13.0 Å². The van der Waals surface area contributed by atoms with Gasteiger partial charge >= 0.3 is 0 Å². The molecule has 0 spiro atoms. The monoisotopic (exact) mass is 285 g/mol. The molecule has 1 aromatic rings. The molecule has 1 aromatic carbocycles. The molecule has 0 atom stereocenters. The van der Waals surface area contributed by atoms with E-state index in [1.54, 1.807) is 6.07 Å². The molecule has 0 bridgehead atoms. The van der Waals surface area contributed by atoms with Crippen molar-refractivity contribution >= 4 is 18.2 Å². The summed E-state index contributed by atoms with van der Waals surface area (Å²) < 4.78 is 0. The van der Waals surface area contributed by atoms with Crippen LogP contribution in [0.15, 0.2) is 12.1 Å². The Morgan fingerprint density at radius 3 is 2.32 bits per heavy atom. The lowest BCUT2D eigenvalue weighted by molar-refractivity contribution is 0.0979. The minimum Gasteiger partial charge on any atom is -0.507 e. The van der Waals surface area contributed by atoms with E-state index in [2.05, 4.69) is 20.8 Å². The van der Waals surface area contributed by atoms with E-state index in [0.29, 0.717) is 17.5 Å². The molecule has 0 aliphatic rings. The Morgan fingerprint density at radius 2 is 1.89 bits per heavy atom. The fourth-order valence-electron chi connectivity index (χ4n) is 1.86. The van der Waals surface area contributed by atoms with Crippen LogP contribution in [-0.2, 0) is 12.0 Å². The Balaban J connectivity index is 0.00000324. The number of hydrogen-bond acceptors (Lipinski definition) is 3. The van der Waals surface area contributed by atoms with Gasteiger partial charge in [-0.15, -0.1) is 12.4 Å². The summed E-state index contributed by atoms with van der Waals surface area (Å²) in [6, 6.07) is 3.69. The van der Waals surface area contributed by atoms with Gasteiger partial charge in [0.05, 0.1) is 5.56 Å². The van der Waals surface area contributed by atoms with Crippen LogP contribution in [0.2, 0.25) is 0 Å². The number of rotatable bonds is 4. The Hall–Kier alpha value is -1.06. The van der Waals surface area contributed by atoms with Crippen LogP contribution >= 0.6 is 12.4 Å². The van der Waals surface area contributed by atoms with Crippen molar-refractivity contribution in [1.29, 1.82) is 0 Å². The number of phenolic OH excluding ortho intramolecular Hbond substituents is 1. The van der Waals surface area contributed by atoms with E-state index in [-0.39, 0.29) is 35.9 Å². The molecule has 1 rings (SSSR count). The van der Waals surface area contributed by atoms with E-state index in [0.717, 1.165) is 12.0 Å². The van der Waals surface area contributed by atoms with Gasteiger partial charge in [0.1, 0.15) is 5.75 Å². The highest BCUT2D eigenvalue weighted by molar-refractivity contribution is 5.99. The largest absolute Gasteiger partial charge is 0.507 e. The maximum absolute atomic E-state index is 12.0. The van der Waals surface area contributed by atoms with Crippen molar-refractivity contribution in [2.45, 2.75) is 52.5 Å². The quantitative estimate of drug-likeness (QED) is 0.832. The Kier molecular flexibility index (Phi) is 6.53. The van der Waals surface area contributed by atoms with Crippen LogP contribution in [0.3, 0.4) is 0 Å². The molecule has 0 aliphatic heterocycles. The zero-order valence-corrected chi connectivity index (χ0v) is 12.9. The number of halogens is 1.